The van der Waals surface area contributed by atoms with Crippen LogP contribution in [0.1, 0.15) is 11.3 Å². The summed E-state index contributed by atoms with van der Waals surface area (Å²) in [4.78, 5) is 10.5. The van der Waals surface area contributed by atoms with Gasteiger partial charge in [0.2, 0.25) is 0 Å². The Kier molecular flexibility index (Phi) is 2.00. The second-order valence-corrected chi connectivity index (χ2v) is 3.32. The van der Waals surface area contributed by atoms with Crippen molar-refractivity contribution in [2.24, 2.45) is 0 Å². The van der Waals surface area contributed by atoms with E-state index < -0.39 is 5.97 Å². The number of rotatable bonds is 2. The van der Waals surface area contributed by atoms with E-state index in [0.29, 0.717) is 5.76 Å². The van der Waals surface area contributed by atoms with Gasteiger partial charge in [0.05, 0.1) is 0 Å². The SMILES string of the molecule is Cc1ccc2cc(CC(=O)O)oc2c1. The first-order valence-electron chi connectivity index (χ1n) is 4.36. The lowest BCUT2D eigenvalue weighted by Crippen LogP contribution is -1.97. The van der Waals surface area contributed by atoms with Gasteiger partial charge in [-0.15, -0.1) is 0 Å². The quantitative estimate of drug-likeness (QED) is 0.790. The third-order valence-corrected chi connectivity index (χ3v) is 2.05. The van der Waals surface area contributed by atoms with Crippen LogP contribution >= 0.6 is 0 Å². The Morgan fingerprint density at radius 3 is 2.93 bits per heavy atom. The van der Waals surface area contributed by atoms with E-state index >= 15 is 0 Å². The molecule has 1 N–H and O–H groups in total. The van der Waals surface area contributed by atoms with Crippen LogP contribution in [0.5, 0.6) is 0 Å². The molecular weight excluding hydrogens is 180 g/mol. The summed E-state index contributed by atoms with van der Waals surface area (Å²) in [6, 6.07) is 7.57. The van der Waals surface area contributed by atoms with Crippen LogP contribution in [0.25, 0.3) is 11.0 Å². The summed E-state index contributed by atoms with van der Waals surface area (Å²) in [5.41, 5.74) is 1.86. The molecule has 0 aliphatic carbocycles. The van der Waals surface area contributed by atoms with Crippen molar-refractivity contribution in [2.45, 2.75) is 13.3 Å². The van der Waals surface area contributed by atoms with E-state index in [9.17, 15) is 4.79 Å². The first-order valence-corrected chi connectivity index (χ1v) is 4.36. The van der Waals surface area contributed by atoms with E-state index in [1.165, 1.54) is 0 Å². The van der Waals surface area contributed by atoms with Gasteiger partial charge < -0.3 is 9.52 Å². The molecule has 1 aromatic heterocycles. The Bertz CT molecular complexity index is 482. The number of carboxylic acids is 1. The van der Waals surface area contributed by atoms with Crippen LogP contribution in [0, 0.1) is 6.92 Å². The summed E-state index contributed by atoms with van der Waals surface area (Å²) in [5, 5.41) is 9.54. The maximum absolute atomic E-state index is 10.5. The predicted molar refractivity (Wildman–Crippen MR) is 52.3 cm³/mol. The molecule has 14 heavy (non-hydrogen) atoms. The number of aryl methyl sites for hydroxylation is 1. The Balaban J connectivity index is 2.46. The van der Waals surface area contributed by atoms with Crippen molar-refractivity contribution in [3.05, 3.63) is 35.6 Å². The number of fused-ring (bicyclic) bond motifs is 1. The van der Waals surface area contributed by atoms with Crippen LogP contribution in [0.4, 0.5) is 0 Å². The molecule has 0 saturated carbocycles. The Labute approximate surface area is 81.0 Å². The molecule has 72 valence electrons. The van der Waals surface area contributed by atoms with Crippen molar-refractivity contribution in [1.82, 2.24) is 0 Å². The second-order valence-electron chi connectivity index (χ2n) is 3.32. The smallest absolute Gasteiger partial charge is 0.311 e. The molecule has 1 heterocycles. The molecule has 0 spiro atoms. The normalized spacial score (nSPS) is 10.6. The molecule has 2 rings (SSSR count). The molecule has 0 saturated heterocycles. The lowest BCUT2D eigenvalue weighted by Gasteiger charge is -1.90. The highest BCUT2D eigenvalue weighted by Crippen LogP contribution is 2.20. The van der Waals surface area contributed by atoms with Gasteiger partial charge in [-0.2, -0.15) is 0 Å². The third kappa shape index (κ3) is 1.62. The van der Waals surface area contributed by atoms with E-state index in [4.69, 9.17) is 9.52 Å². The highest BCUT2D eigenvalue weighted by Gasteiger charge is 2.07. The number of carbonyl (C=O) groups is 1. The van der Waals surface area contributed by atoms with Crippen molar-refractivity contribution in [3.8, 4) is 0 Å². The first kappa shape index (κ1) is 8.81. The molecule has 2 aromatic rings. The molecule has 0 unspecified atom stereocenters. The van der Waals surface area contributed by atoms with Crippen LogP contribution in [-0.4, -0.2) is 11.1 Å². The maximum atomic E-state index is 10.5. The van der Waals surface area contributed by atoms with Crippen LogP contribution in [-0.2, 0) is 11.2 Å². The highest BCUT2D eigenvalue weighted by molar-refractivity contribution is 5.80. The van der Waals surface area contributed by atoms with E-state index in [2.05, 4.69) is 0 Å². The number of furan rings is 1. The van der Waals surface area contributed by atoms with Crippen molar-refractivity contribution in [2.75, 3.05) is 0 Å². The lowest BCUT2D eigenvalue weighted by molar-refractivity contribution is -0.136. The molecule has 3 nitrogen and oxygen atoms in total. The van der Waals surface area contributed by atoms with Gasteiger partial charge in [-0.3, -0.25) is 4.79 Å². The molecule has 0 aliphatic heterocycles. The molecule has 0 amide bonds. The van der Waals surface area contributed by atoms with Gasteiger partial charge in [-0.1, -0.05) is 12.1 Å². The van der Waals surface area contributed by atoms with Gasteiger partial charge in [0, 0.05) is 5.39 Å². The number of hydrogen-bond donors (Lipinski definition) is 1. The molecule has 1 aromatic carbocycles. The minimum absolute atomic E-state index is 0.0618. The van der Waals surface area contributed by atoms with Crippen LogP contribution in [0.3, 0.4) is 0 Å². The third-order valence-electron chi connectivity index (χ3n) is 2.05. The summed E-state index contributed by atoms with van der Waals surface area (Å²) in [5.74, 6) is -0.376. The van der Waals surface area contributed by atoms with Crippen LogP contribution in [0.2, 0.25) is 0 Å². The average molecular weight is 190 g/mol. The summed E-state index contributed by atoms with van der Waals surface area (Å²) in [7, 11) is 0. The van der Waals surface area contributed by atoms with E-state index in [-0.39, 0.29) is 6.42 Å². The van der Waals surface area contributed by atoms with Gasteiger partial charge in [-0.25, -0.2) is 0 Å². The fourth-order valence-corrected chi connectivity index (χ4v) is 1.43. The van der Waals surface area contributed by atoms with Gasteiger partial charge >= 0.3 is 5.97 Å². The van der Waals surface area contributed by atoms with E-state index in [1.807, 2.05) is 25.1 Å². The fourth-order valence-electron chi connectivity index (χ4n) is 1.43. The van der Waals surface area contributed by atoms with Crippen LogP contribution in [0.15, 0.2) is 28.7 Å². The van der Waals surface area contributed by atoms with E-state index in [1.54, 1.807) is 6.07 Å². The average Bonchev–Trinajstić information content (AvgIpc) is 2.44. The molecule has 3 heteroatoms. The molecule has 0 radical (unpaired) electrons. The minimum Gasteiger partial charge on any atom is -0.481 e. The topological polar surface area (TPSA) is 50.4 Å². The van der Waals surface area contributed by atoms with Crippen molar-refractivity contribution >= 4 is 16.9 Å². The zero-order chi connectivity index (χ0) is 10.1. The molecule has 0 aliphatic rings. The molecule has 0 atom stereocenters. The first-order chi connectivity index (χ1) is 6.65. The monoisotopic (exact) mass is 190 g/mol. The Morgan fingerprint density at radius 2 is 2.21 bits per heavy atom. The zero-order valence-corrected chi connectivity index (χ0v) is 7.78. The van der Waals surface area contributed by atoms with Gasteiger partial charge in [0.1, 0.15) is 17.8 Å². The number of carboxylic acid groups (broad SMARTS) is 1. The van der Waals surface area contributed by atoms with Gasteiger partial charge in [0.25, 0.3) is 0 Å². The summed E-state index contributed by atoms with van der Waals surface area (Å²) in [6.45, 7) is 1.97. The van der Waals surface area contributed by atoms with Gasteiger partial charge in [0.15, 0.2) is 0 Å². The highest BCUT2D eigenvalue weighted by atomic mass is 16.4. The van der Waals surface area contributed by atoms with Crippen molar-refractivity contribution < 1.29 is 14.3 Å². The Hall–Kier alpha value is -1.77. The van der Waals surface area contributed by atoms with Crippen LogP contribution < -0.4 is 0 Å². The molecule has 0 fully saturated rings. The second kappa shape index (κ2) is 3.18. The number of benzene rings is 1. The minimum atomic E-state index is -0.874. The largest absolute Gasteiger partial charge is 0.481 e. The summed E-state index contributed by atoms with van der Waals surface area (Å²) in [6.07, 6.45) is -0.0618. The zero-order valence-electron chi connectivity index (χ0n) is 7.78. The number of aliphatic carboxylic acids is 1. The van der Waals surface area contributed by atoms with Gasteiger partial charge in [-0.05, 0) is 24.6 Å². The maximum Gasteiger partial charge on any atom is 0.311 e. The summed E-state index contributed by atoms with van der Waals surface area (Å²) < 4.78 is 5.38. The molecular formula is C11H10O3. The number of hydrogen-bond acceptors (Lipinski definition) is 2. The standard InChI is InChI=1S/C11H10O3/c1-7-2-3-8-5-9(6-11(12)13)14-10(8)4-7/h2-5H,6H2,1H3,(H,12,13). The van der Waals surface area contributed by atoms with Crippen molar-refractivity contribution in [1.29, 1.82) is 0 Å². The summed E-state index contributed by atoms with van der Waals surface area (Å²) >= 11 is 0. The van der Waals surface area contributed by atoms with E-state index in [0.717, 1.165) is 16.5 Å². The van der Waals surface area contributed by atoms with Crippen molar-refractivity contribution in [3.63, 3.8) is 0 Å². The molecule has 0 bridgehead atoms. The lowest BCUT2D eigenvalue weighted by atomic mass is 10.2. The fraction of sp³-hybridized carbons (Fsp3) is 0.182. The Morgan fingerprint density at radius 1 is 1.43 bits per heavy atom. The predicted octanol–water partition coefficient (Wildman–Crippen LogP) is 2.37.